The summed E-state index contributed by atoms with van der Waals surface area (Å²) in [7, 11) is -0.563. The summed E-state index contributed by atoms with van der Waals surface area (Å²) in [6.45, 7) is 7.00. The monoisotopic (exact) mass is 188 g/mol. The summed E-state index contributed by atoms with van der Waals surface area (Å²) in [6, 6.07) is 6.83. The second-order valence-electron chi connectivity index (χ2n) is 4.26. The first-order chi connectivity index (χ1) is 6.18. The van der Waals surface area contributed by atoms with E-state index in [1.807, 2.05) is 0 Å². The number of rotatable bonds is 1. The maximum atomic E-state index is 2.42. The summed E-state index contributed by atoms with van der Waals surface area (Å²) >= 11 is 0. The fourth-order valence-electron chi connectivity index (χ4n) is 2.03. The molecule has 2 rings (SSSR count). The van der Waals surface area contributed by atoms with Crippen molar-refractivity contribution in [2.24, 2.45) is 0 Å². The van der Waals surface area contributed by atoms with Gasteiger partial charge < -0.3 is 0 Å². The van der Waals surface area contributed by atoms with E-state index in [-0.39, 0.29) is 0 Å². The molecule has 0 spiro atoms. The smallest absolute Gasteiger partial charge is 0.0436 e. The highest BCUT2D eigenvalue weighted by Gasteiger charge is 2.20. The lowest BCUT2D eigenvalue weighted by Crippen LogP contribution is -2.12. The summed E-state index contributed by atoms with van der Waals surface area (Å²) in [4.78, 5) is 0. The van der Waals surface area contributed by atoms with Crippen molar-refractivity contribution in [1.82, 2.24) is 0 Å². The predicted molar refractivity (Wildman–Crippen MR) is 61.8 cm³/mol. The molecule has 0 bridgehead atoms. The number of fused-ring (bicyclic) bond motifs is 1. The third-order valence-corrected chi connectivity index (χ3v) is 4.82. The van der Waals surface area contributed by atoms with Crippen LogP contribution in [0.1, 0.15) is 22.2 Å². The van der Waals surface area contributed by atoms with E-state index < -0.39 is 8.80 Å². The molecule has 0 saturated heterocycles. The quantitative estimate of drug-likeness (QED) is 0.594. The highest BCUT2D eigenvalue weighted by molar-refractivity contribution is 6.58. The molecular formula is C12H16Si. The highest BCUT2D eigenvalue weighted by Crippen LogP contribution is 2.32. The highest BCUT2D eigenvalue weighted by atomic mass is 28.3. The minimum absolute atomic E-state index is 0.563. The van der Waals surface area contributed by atoms with Crippen LogP contribution in [0.5, 0.6) is 0 Å². The summed E-state index contributed by atoms with van der Waals surface area (Å²) in [5.74, 6) is 0. The zero-order chi connectivity index (χ0) is 9.42. The SMILES string of the molecule is Cc1ccc2c(c1)C=CC2[SiH](C)C. The minimum atomic E-state index is -0.563. The maximum absolute atomic E-state index is 2.42. The van der Waals surface area contributed by atoms with E-state index in [0.717, 1.165) is 5.54 Å². The van der Waals surface area contributed by atoms with E-state index >= 15 is 0 Å². The van der Waals surface area contributed by atoms with Crippen LogP contribution >= 0.6 is 0 Å². The van der Waals surface area contributed by atoms with E-state index in [2.05, 4.69) is 50.4 Å². The largest absolute Gasteiger partial charge is 0.0795 e. The average molecular weight is 188 g/mol. The van der Waals surface area contributed by atoms with Crippen LogP contribution in [0.25, 0.3) is 6.08 Å². The van der Waals surface area contributed by atoms with E-state index in [1.54, 1.807) is 5.56 Å². The molecule has 0 nitrogen and oxygen atoms in total. The van der Waals surface area contributed by atoms with Gasteiger partial charge in [-0.15, -0.1) is 0 Å². The zero-order valence-corrected chi connectivity index (χ0v) is 9.70. The Bertz CT molecular complexity index is 350. The topological polar surface area (TPSA) is 0 Å². The van der Waals surface area contributed by atoms with Gasteiger partial charge in [0, 0.05) is 8.80 Å². The van der Waals surface area contributed by atoms with E-state index in [9.17, 15) is 0 Å². The van der Waals surface area contributed by atoms with Crippen LogP contribution in [0, 0.1) is 6.92 Å². The Balaban J connectivity index is 2.44. The first kappa shape index (κ1) is 8.76. The van der Waals surface area contributed by atoms with Crippen LogP contribution in [-0.4, -0.2) is 8.80 Å². The molecule has 68 valence electrons. The predicted octanol–water partition coefficient (Wildman–Crippen LogP) is 3.13. The molecule has 0 radical (unpaired) electrons. The Morgan fingerprint density at radius 2 is 2.00 bits per heavy atom. The molecule has 1 aliphatic carbocycles. The lowest BCUT2D eigenvalue weighted by Gasteiger charge is -2.13. The van der Waals surface area contributed by atoms with Crippen LogP contribution in [0.2, 0.25) is 13.1 Å². The molecule has 1 aromatic carbocycles. The maximum Gasteiger partial charge on any atom is 0.0436 e. The molecule has 1 aliphatic rings. The summed E-state index contributed by atoms with van der Waals surface area (Å²) < 4.78 is 0. The second kappa shape index (κ2) is 3.15. The first-order valence-electron chi connectivity index (χ1n) is 4.97. The van der Waals surface area contributed by atoms with Gasteiger partial charge in [-0.2, -0.15) is 0 Å². The Kier molecular flexibility index (Phi) is 2.12. The van der Waals surface area contributed by atoms with Crippen molar-refractivity contribution in [2.75, 3.05) is 0 Å². The van der Waals surface area contributed by atoms with Gasteiger partial charge in [-0.25, -0.2) is 0 Å². The van der Waals surface area contributed by atoms with Gasteiger partial charge in [0.25, 0.3) is 0 Å². The van der Waals surface area contributed by atoms with Gasteiger partial charge in [0.05, 0.1) is 0 Å². The first-order valence-corrected chi connectivity index (χ1v) is 7.95. The number of hydrogen-bond acceptors (Lipinski definition) is 0. The summed E-state index contributed by atoms with van der Waals surface area (Å²) in [5.41, 5.74) is 5.16. The molecule has 1 atom stereocenters. The molecule has 0 fully saturated rings. The van der Waals surface area contributed by atoms with Crippen molar-refractivity contribution in [3.63, 3.8) is 0 Å². The van der Waals surface area contributed by atoms with E-state index in [0.29, 0.717) is 0 Å². The van der Waals surface area contributed by atoms with Crippen molar-refractivity contribution in [2.45, 2.75) is 25.6 Å². The van der Waals surface area contributed by atoms with Gasteiger partial charge >= 0.3 is 0 Å². The molecule has 1 unspecified atom stereocenters. The lowest BCUT2D eigenvalue weighted by molar-refractivity contribution is 1.19. The van der Waals surface area contributed by atoms with Gasteiger partial charge in [0.15, 0.2) is 0 Å². The molecule has 0 amide bonds. The van der Waals surface area contributed by atoms with Gasteiger partial charge in [-0.1, -0.05) is 49.0 Å². The molecule has 0 aromatic heterocycles. The van der Waals surface area contributed by atoms with Crippen LogP contribution in [0.15, 0.2) is 24.3 Å². The molecule has 0 saturated carbocycles. The van der Waals surface area contributed by atoms with E-state index in [4.69, 9.17) is 0 Å². The molecule has 0 aliphatic heterocycles. The van der Waals surface area contributed by atoms with Crippen molar-refractivity contribution < 1.29 is 0 Å². The van der Waals surface area contributed by atoms with Gasteiger partial charge in [0.2, 0.25) is 0 Å². The summed E-state index contributed by atoms with van der Waals surface area (Å²) in [6.07, 6.45) is 4.68. The lowest BCUT2D eigenvalue weighted by atomic mass is 10.1. The van der Waals surface area contributed by atoms with Crippen molar-refractivity contribution >= 4 is 14.9 Å². The number of benzene rings is 1. The molecular weight excluding hydrogens is 172 g/mol. The van der Waals surface area contributed by atoms with Crippen LogP contribution in [0.4, 0.5) is 0 Å². The minimum Gasteiger partial charge on any atom is -0.0795 e. The third-order valence-electron chi connectivity index (χ3n) is 2.80. The molecule has 0 N–H and O–H groups in total. The Hall–Kier alpha value is -0.823. The van der Waals surface area contributed by atoms with E-state index in [1.165, 1.54) is 11.1 Å². The fraction of sp³-hybridized carbons (Fsp3) is 0.333. The summed E-state index contributed by atoms with van der Waals surface area (Å²) in [5, 5.41) is 0. The Morgan fingerprint density at radius 1 is 1.23 bits per heavy atom. The molecule has 13 heavy (non-hydrogen) atoms. The van der Waals surface area contributed by atoms with Crippen LogP contribution in [0.3, 0.4) is 0 Å². The molecule has 0 heterocycles. The molecule has 1 heteroatoms. The zero-order valence-electron chi connectivity index (χ0n) is 8.54. The second-order valence-corrected chi connectivity index (χ2v) is 7.47. The van der Waals surface area contributed by atoms with Crippen molar-refractivity contribution in [1.29, 1.82) is 0 Å². The van der Waals surface area contributed by atoms with Crippen molar-refractivity contribution in [3.05, 3.63) is 41.0 Å². The van der Waals surface area contributed by atoms with Gasteiger partial charge in [0.1, 0.15) is 0 Å². The van der Waals surface area contributed by atoms with Crippen LogP contribution in [-0.2, 0) is 0 Å². The van der Waals surface area contributed by atoms with Crippen LogP contribution < -0.4 is 0 Å². The third kappa shape index (κ3) is 1.48. The fourth-order valence-corrected chi connectivity index (χ4v) is 3.61. The Morgan fingerprint density at radius 3 is 2.69 bits per heavy atom. The normalized spacial score (nSPS) is 19.5. The van der Waals surface area contributed by atoms with Gasteiger partial charge in [-0.3, -0.25) is 0 Å². The number of hydrogen-bond donors (Lipinski definition) is 0. The number of allylic oxidation sites excluding steroid dienone is 1. The Labute approximate surface area is 81.9 Å². The average Bonchev–Trinajstić information content (AvgIpc) is 2.46. The van der Waals surface area contributed by atoms with Gasteiger partial charge in [-0.05, 0) is 23.6 Å². The molecule has 1 aromatic rings. The number of aryl methyl sites for hydroxylation is 1. The standard InChI is InChI=1S/C12H16Si/c1-9-4-6-11-10(8-9)5-7-12(11)13(2)3/h4-8,12-13H,1-3H3. The van der Waals surface area contributed by atoms with Crippen molar-refractivity contribution in [3.8, 4) is 0 Å².